The summed E-state index contributed by atoms with van der Waals surface area (Å²) in [6.07, 6.45) is 0.115. The lowest BCUT2D eigenvalue weighted by Gasteiger charge is -2.08. The lowest BCUT2D eigenvalue weighted by Crippen LogP contribution is -2.04. The van der Waals surface area contributed by atoms with E-state index in [4.69, 9.17) is 4.74 Å². The maximum Gasteiger partial charge on any atom is 0.311 e. The molecular weight excluding hydrogens is 286 g/mol. The molecule has 2 rings (SSSR count). The second-order valence-corrected chi connectivity index (χ2v) is 4.73. The summed E-state index contributed by atoms with van der Waals surface area (Å²) in [5, 5.41) is 11.1. The van der Waals surface area contributed by atoms with Crippen LogP contribution in [0.3, 0.4) is 0 Å². The molecule has 0 aliphatic heterocycles. The second kappa shape index (κ2) is 6.71. The third-order valence-corrected chi connectivity index (χ3v) is 3.01. The smallest absolute Gasteiger partial charge is 0.311 e. The number of methoxy groups -OCH3 is 1. The Morgan fingerprint density at radius 2 is 2.00 bits per heavy atom. The first-order valence-electron chi connectivity index (χ1n) is 6.58. The molecule has 2 aromatic carbocycles. The topological polar surface area (TPSA) is 78.7 Å². The summed E-state index contributed by atoms with van der Waals surface area (Å²) < 4.78 is 10.2. The van der Waals surface area contributed by atoms with Crippen LogP contribution >= 0.6 is 0 Å². The molecule has 6 heteroatoms. The van der Waals surface area contributed by atoms with Gasteiger partial charge in [0.2, 0.25) is 5.75 Å². The molecule has 2 aromatic rings. The van der Waals surface area contributed by atoms with Crippen molar-refractivity contribution in [3.63, 3.8) is 0 Å². The zero-order valence-corrected chi connectivity index (χ0v) is 12.2. The van der Waals surface area contributed by atoms with E-state index in [0.717, 1.165) is 5.56 Å². The van der Waals surface area contributed by atoms with Crippen LogP contribution in [0.1, 0.15) is 11.1 Å². The van der Waals surface area contributed by atoms with Gasteiger partial charge in [-0.15, -0.1) is 0 Å². The van der Waals surface area contributed by atoms with Crippen molar-refractivity contribution in [2.45, 2.75) is 13.3 Å². The summed E-state index contributed by atoms with van der Waals surface area (Å²) in [7, 11) is 1.32. The van der Waals surface area contributed by atoms with Crippen molar-refractivity contribution in [1.82, 2.24) is 0 Å². The first-order chi connectivity index (χ1) is 10.5. The summed E-state index contributed by atoms with van der Waals surface area (Å²) >= 11 is 0. The first kappa shape index (κ1) is 15.5. The van der Waals surface area contributed by atoms with Crippen LogP contribution in [0, 0.1) is 17.0 Å². The number of hydrogen-bond acceptors (Lipinski definition) is 5. The fraction of sp³-hybridized carbons (Fsp3) is 0.188. The van der Waals surface area contributed by atoms with Crippen molar-refractivity contribution >= 4 is 11.7 Å². The Kier molecular flexibility index (Phi) is 4.73. The van der Waals surface area contributed by atoms with Gasteiger partial charge in [0.15, 0.2) is 0 Å². The molecule has 0 fully saturated rings. The van der Waals surface area contributed by atoms with Crippen LogP contribution in [-0.2, 0) is 16.0 Å². The molecule has 0 saturated heterocycles. The normalized spacial score (nSPS) is 10.1. The fourth-order valence-corrected chi connectivity index (χ4v) is 1.94. The van der Waals surface area contributed by atoms with Gasteiger partial charge in [-0.25, -0.2) is 0 Å². The number of nitro groups is 1. The molecule has 0 heterocycles. The number of aryl methyl sites for hydroxylation is 1. The Balaban J connectivity index is 2.26. The van der Waals surface area contributed by atoms with E-state index in [0.29, 0.717) is 11.3 Å². The Morgan fingerprint density at radius 3 is 2.68 bits per heavy atom. The third-order valence-electron chi connectivity index (χ3n) is 3.01. The molecule has 22 heavy (non-hydrogen) atoms. The minimum absolute atomic E-state index is 0.0987. The monoisotopic (exact) mass is 301 g/mol. The van der Waals surface area contributed by atoms with Crippen LogP contribution in [0.5, 0.6) is 11.5 Å². The molecule has 114 valence electrons. The predicted molar refractivity (Wildman–Crippen MR) is 80.1 cm³/mol. The Hall–Kier alpha value is -2.89. The Labute approximate surface area is 127 Å². The Bertz CT molecular complexity index is 711. The van der Waals surface area contributed by atoms with Crippen molar-refractivity contribution in [2.24, 2.45) is 0 Å². The summed E-state index contributed by atoms with van der Waals surface area (Å²) in [4.78, 5) is 21.9. The highest BCUT2D eigenvalue weighted by Crippen LogP contribution is 2.32. The molecule has 0 bridgehead atoms. The summed E-state index contributed by atoms with van der Waals surface area (Å²) in [6, 6.07) is 11.5. The van der Waals surface area contributed by atoms with Gasteiger partial charge in [-0.1, -0.05) is 18.2 Å². The van der Waals surface area contributed by atoms with Gasteiger partial charge >= 0.3 is 11.7 Å². The number of carbonyl (C=O) groups is 1. The quantitative estimate of drug-likeness (QED) is 0.480. The van der Waals surface area contributed by atoms with E-state index in [1.165, 1.54) is 13.2 Å². The maximum atomic E-state index is 11.3. The van der Waals surface area contributed by atoms with E-state index in [9.17, 15) is 14.9 Å². The average Bonchev–Trinajstić information content (AvgIpc) is 2.49. The minimum atomic E-state index is -0.485. The van der Waals surface area contributed by atoms with E-state index in [1.54, 1.807) is 43.3 Å². The summed E-state index contributed by atoms with van der Waals surface area (Å²) in [5.74, 6) is 0.220. The number of nitrogens with zero attached hydrogens (tertiary/aromatic N) is 1. The molecule has 0 radical (unpaired) electrons. The first-order valence-corrected chi connectivity index (χ1v) is 6.58. The van der Waals surface area contributed by atoms with E-state index < -0.39 is 4.92 Å². The SMILES string of the molecule is COC(=O)Cc1cccc(Oc2ccc(C)cc2[N+](=O)[O-])c1. The van der Waals surface area contributed by atoms with Crippen molar-refractivity contribution < 1.29 is 19.2 Å². The number of benzene rings is 2. The molecule has 6 nitrogen and oxygen atoms in total. The van der Waals surface area contributed by atoms with Gasteiger partial charge in [0.05, 0.1) is 18.5 Å². The molecule has 0 aliphatic carbocycles. The fourth-order valence-electron chi connectivity index (χ4n) is 1.94. The standard InChI is InChI=1S/C16H15NO5/c1-11-6-7-15(14(8-11)17(19)20)22-13-5-3-4-12(9-13)10-16(18)21-2/h3-9H,10H2,1-2H3. The Morgan fingerprint density at radius 1 is 1.23 bits per heavy atom. The van der Waals surface area contributed by atoms with Crippen LogP contribution in [0.15, 0.2) is 42.5 Å². The molecular formula is C16H15NO5. The number of rotatable bonds is 5. The van der Waals surface area contributed by atoms with Crippen molar-refractivity contribution in [3.8, 4) is 11.5 Å². The van der Waals surface area contributed by atoms with Crippen LogP contribution < -0.4 is 4.74 Å². The van der Waals surface area contributed by atoms with Crippen LogP contribution in [0.25, 0.3) is 0 Å². The molecule has 0 amide bonds. The van der Waals surface area contributed by atoms with E-state index in [-0.39, 0.29) is 23.8 Å². The largest absolute Gasteiger partial charge is 0.469 e. The third kappa shape index (κ3) is 3.82. The minimum Gasteiger partial charge on any atom is -0.469 e. The molecule has 0 spiro atoms. The van der Waals surface area contributed by atoms with Crippen LogP contribution in [0.2, 0.25) is 0 Å². The molecule has 0 atom stereocenters. The zero-order valence-electron chi connectivity index (χ0n) is 12.2. The lowest BCUT2D eigenvalue weighted by molar-refractivity contribution is -0.385. The number of carbonyl (C=O) groups excluding carboxylic acids is 1. The zero-order chi connectivity index (χ0) is 16.1. The van der Waals surface area contributed by atoms with Gasteiger partial charge in [-0.2, -0.15) is 0 Å². The van der Waals surface area contributed by atoms with Crippen molar-refractivity contribution in [3.05, 3.63) is 63.7 Å². The van der Waals surface area contributed by atoms with Gasteiger partial charge < -0.3 is 9.47 Å². The predicted octanol–water partition coefficient (Wildman–Crippen LogP) is 3.41. The maximum absolute atomic E-state index is 11.3. The molecule has 0 N–H and O–H groups in total. The van der Waals surface area contributed by atoms with Gasteiger partial charge in [-0.05, 0) is 36.2 Å². The number of hydrogen-bond donors (Lipinski definition) is 0. The highest BCUT2D eigenvalue weighted by atomic mass is 16.6. The molecule has 0 aliphatic rings. The highest BCUT2D eigenvalue weighted by molar-refractivity contribution is 5.72. The molecule has 0 aromatic heterocycles. The van der Waals surface area contributed by atoms with Gasteiger partial charge in [0.25, 0.3) is 0 Å². The number of esters is 1. The molecule has 0 saturated carbocycles. The number of ether oxygens (including phenoxy) is 2. The average molecular weight is 301 g/mol. The van der Waals surface area contributed by atoms with E-state index in [2.05, 4.69) is 4.74 Å². The van der Waals surface area contributed by atoms with Crippen molar-refractivity contribution in [2.75, 3.05) is 7.11 Å². The van der Waals surface area contributed by atoms with E-state index in [1.807, 2.05) is 0 Å². The van der Waals surface area contributed by atoms with E-state index >= 15 is 0 Å². The summed E-state index contributed by atoms with van der Waals surface area (Å²) in [6.45, 7) is 1.77. The van der Waals surface area contributed by atoms with Gasteiger partial charge in [0, 0.05) is 6.07 Å². The number of nitro benzene ring substituents is 1. The van der Waals surface area contributed by atoms with Crippen LogP contribution in [-0.4, -0.2) is 18.0 Å². The molecule has 0 unspecified atom stereocenters. The van der Waals surface area contributed by atoms with Crippen LogP contribution in [0.4, 0.5) is 5.69 Å². The summed E-state index contributed by atoms with van der Waals surface area (Å²) in [5.41, 5.74) is 1.39. The van der Waals surface area contributed by atoms with Gasteiger partial charge in [0.1, 0.15) is 5.75 Å². The van der Waals surface area contributed by atoms with Gasteiger partial charge in [-0.3, -0.25) is 14.9 Å². The lowest BCUT2D eigenvalue weighted by atomic mass is 10.1. The highest BCUT2D eigenvalue weighted by Gasteiger charge is 2.16. The second-order valence-electron chi connectivity index (χ2n) is 4.73. The van der Waals surface area contributed by atoms with Crippen molar-refractivity contribution in [1.29, 1.82) is 0 Å².